The van der Waals surface area contributed by atoms with Gasteiger partial charge >= 0.3 is 0 Å². The molecule has 0 aliphatic carbocycles. The molecule has 1 saturated heterocycles. The second kappa shape index (κ2) is 7.91. The highest BCUT2D eigenvalue weighted by molar-refractivity contribution is 5.94. The van der Waals surface area contributed by atoms with Crippen molar-refractivity contribution in [1.82, 2.24) is 4.90 Å². The molecule has 1 amide bonds. The predicted molar refractivity (Wildman–Crippen MR) is 79.9 cm³/mol. The van der Waals surface area contributed by atoms with Gasteiger partial charge in [-0.15, -0.1) is 0 Å². The van der Waals surface area contributed by atoms with Gasteiger partial charge in [-0.3, -0.25) is 9.59 Å². The standard InChI is InChI=1S/C16H21NO5/c1-12(19)14-2-4-15(5-3-14)22-11-16(20)17-6-7-21-10-13(8-17)9-18/h2-5,13,18H,6-11H2,1H3. The zero-order valence-electron chi connectivity index (χ0n) is 12.7. The monoisotopic (exact) mass is 307 g/mol. The maximum absolute atomic E-state index is 12.2. The first-order chi connectivity index (χ1) is 10.6. The van der Waals surface area contributed by atoms with Gasteiger partial charge in [0.2, 0.25) is 0 Å². The number of nitrogens with zero attached hydrogens (tertiary/aromatic N) is 1. The molecular formula is C16H21NO5. The third kappa shape index (κ3) is 4.54. The van der Waals surface area contributed by atoms with Gasteiger partial charge in [0, 0.05) is 31.2 Å². The van der Waals surface area contributed by atoms with E-state index in [4.69, 9.17) is 9.47 Å². The Morgan fingerprint density at radius 3 is 2.73 bits per heavy atom. The number of Topliss-reactive ketones (excluding diaryl/α,β-unsaturated/α-hetero) is 1. The smallest absolute Gasteiger partial charge is 0.260 e. The molecule has 1 aliphatic rings. The van der Waals surface area contributed by atoms with Gasteiger partial charge in [0.1, 0.15) is 5.75 Å². The Hall–Kier alpha value is -1.92. The number of hydrogen-bond acceptors (Lipinski definition) is 5. The van der Waals surface area contributed by atoms with E-state index in [0.29, 0.717) is 37.6 Å². The topological polar surface area (TPSA) is 76.1 Å². The second-order valence-electron chi connectivity index (χ2n) is 5.33. The van der Waals surface area contributed by atoms with Crippen molar-refractivity contribution in [3.05, 3.63) is 29.8 Å². The van der Waals surface area contributed by atoms with Crippen LogP contribution in [0.5, 0.6) is 5.75 Å². The van der Waals surface area contributed by atoms with Crippen LogP contribution in [0, 0.1) is 5.92 Å². The summed E-state index contributed by atoms with van der Waals surface area (Å²) in [5.74, 6) is 0.339. The Balaban J connectivity index is 1.87. The summed E-state index contributed by atoms with van der Waals surface area (Å²) in [5, 5.41) is 9.22. The zero-order valence-corrected chi connectivity index (χ0v) is 12.7. The largest absolute Gasteiger partial charge is 0.484 e. The molecule has 0 spiro atoms. The van der Waals surface area contributed by atoms with E-state index in [-0.39, 0.29) is 30.8 Å². The lowest BCUT2D eigenvalue weighted by Gasteiger charge is -2.22. The van der Waals surface area contributed by atoms with Crippen LogP contribution in [0.4, 0.5) is 0 Å². The Morgan fingerprint density at radius 1 is 1.36 bits per heavy atom. The van der Waals surface area contributed by atoms with Crippen LogP contribution in [-0.2, 0) is 9.53 Å². The van der Waals surface area contributed by atoms with Crippen LogP contribution < -0.4 is 4.74 Å². The van der Waals surface area contributed by atoms with Gasteiger partial charge in [-0.05, 0) is 31.2 Å². The molecule has 2 rings (SSSR count). The molecule has 6 heteroatoms. The van der Waals surface area contributed by atoms with Crippen molar-refractivity contribution in [3.8, 4) is 5.75 Å². The number of carbonyl (C=O) groups is 2. The number of aliphatic hydroxyl groups excluding tert-OH is 1. The van der Waals surface area contributed by atoms with E-state index in [9.17, 15) is 14.7 Å². The normalized spacial score (nSPS) is 18.6. The number of ketones is 1. The Bertz CT molecular complexity index is 514. The molecule has 0 saturated carbocycles. The number of carbonyl (C=O) groups excluding carboxylic acids is 2. The summed E-state index contributed by atoms with van der Waals surface area (Å²) in [4.78, 5) is 25.0. The average molecular weight is 307 g/mol. The first-order valence-corrected chi connectivity index (χ1v) is 7.30. The van der Waals surface area contributed by atoms with Gasteiger partial charge in [0.25, 0.3) is 5.91 Å². The quantitative estimate of drug-likeness (QED) is 0.812. The SMILES string of the molecule is CC(=O)c1ccc(OCC(=O)N2CCOCC(CO)C2)cc1. The molecule has 1 aromatic carbocycles. The number of benzene rings is 1. The van der Waals surface area contributed by atoms with E-state index in [1.807, 2.05) is 0 Å². The van der Waals surface area contributed by atoms with Gasteiger partial charge in [0.05, 0.1) is 13.2 Å². The summed E-state index contributed by atoms with van der Waals surface area (Å²) in [6, 6.07) is 6.69. The lowest BCUT2D eigenvalue weighted by molar-refractivity contribution is -0.133. The van der Waals surface area contributed by atoms with Gasteiger partial charge < -0.3 is 19.5 Å². The predicted octanol–water partition coefficient (Wildman–Crippen LogP) is 0.735. The molecule has 6 nitrogen and oxygen atoms in total. The van der Waals surface area contributed by atoms with Gasteiger partial charge in [0.15, 0.2) is 12.4 Å². The Labute approximate surface area is 129 Å². The molecular weight excluding hydrogens is 286 g/mol. The molecule has 1 unspecified atom stereocenters. The zero-order chi connectivity index (χ0) is 15.9. The molecule has 1 N–H and O–H groups in total. The minimum absolute atomic E-state index is 0.00283. The van der Waals surface area contributed by atoms with Crippen molar-refractivity contribution in [2.24, 2.45) is 5.92 Å². The number of amides is 1. The average Bonchev–Trinajstić information content (AvgIpc) is 2.78. The molecule has 0 aromatic heterocycles. The van der Waals surface area contributed by atoms with E-state index < -0.39 is 0 Å². The summed E-state index contributed by atoms with van der Waals surface area (Å²) < 4.78 is 10.8. The number of hydrogen-bond donors (Lipinski definition) is 1. The van der Waals surface area contributed by atoms with Crippen molar-refractivity contribution in [1.29, 1.82) is 0 Å². The van der Waals surface area contributed by atoms with Crippen LogP contribution in [0.3, 0.4) is 0 Å². The Morgan fingerprint density at radius 2 is 2.09 bits per heavy atom. The molecule has 1 aromatic rings. The highest BCUT2D eigenvalue weighted by atomic mass is 16.5. The summed E-state index contributed by atoms with van der Waals surface area (Å²) in [6.07, 6.45) is 0. The molecule has 1 aliphatic heterocycles. The maximum Gasteiger partial charge on any atom is 0.260 e. The molecule has 120 valence electrons. The summed E-state index contributed by atoms with van der Waals surface area (Å²) in [7, 11) is 0. The lowest BCUT2D eigenvalue weighted by Crippen LogP contribution is -2.39. The van der Waals surface area contributed by atoms with Crippen molar-refractivity contribution >= 4 is 11.7 Å². The van der Waals surface area contributed by atoms with Crippen LogP contribution in [0.1, 0.15) is 17.3 Å². The summed E-state index contributed by atoms with van der Waals surface area (Å²) >= 11 is 0. The van der Waals surface area contributed by atoms with Gasteiger partial charge in [-0.1, -0.05) is 0 Å². The van der Waals surface area contributed by atoms with Crippen molar-refractivity contribution in [2.75, 3.05) is 39.5 Å². The third-order valence-corrected chi connectivity index (χ3v) is 3.57. The first-order valence-electron chi connectivity index (χ1n) is 7.30. The van der Waals surface area contributed by atoms with Crippen LogP contribution in [0.25, 0.3) is 0 Å². The number of aliphatic hydroxyl groups is 1. The first kappa shape index (κ1) is 16.5. The fourth-order valence-corrected chi connectivity index (χ4v) is 2.24. The highest BCUT2D eigenvalue weighted by Gasteiger charge is 2.22. The molecule has 1 heterocycles. The van der Waals surface area contributed by atoms with Crippen molar-refractivity contribution < 1.29 is 24.2 Å². The Kier molecular flexibility index (Phi) is 5.91. The molecule has 0 bridgehead atoms. The maximum atomic E-state index is 12.2. The second-order valence-corrected chi connectivity index (χ2v) is 5.33. The van der Waals surface area contributed by atoms with E-state index in [1.165, 1.54) is 6.92 Å². The fraction of sp³-hybridized carbons (Fsp3) is 0.500. The molecule has 0 radical (unpaired) electrons. The molecule has 22 heavy (non-hydrogen) atoms. The van der Waals surface area contributed by atoms with E-state index in [0.717, 1.165) is 0 Å². The van der Waals surface area contributed by atoms with Gasteiger partial charge in [-0.25, -0.2) is 0 Å². The van der Waals surface area contributed by atoms with Crippen LogP contribution in [0.2, 0.25) is 0 Å². The third-order valence-electron chi connectivity index (χ3n) is 3.57. The molecule has 1 atom stereocenters. The van der Waals surface area contributed by atoms with E-state index >= 15 is 0 Å². The fourth-order valence-electron chi connectivity index (χ4n) is 2.24. The van der Waals surface area contributed by atoms with E-state index in [1.54, 1.807) is 29.2 Å². The van der Waals surface area contributed by atoms with Crippen LogP contribution in [-0.4, -0.2) is 61.2 Å². The van der Waals surface area contributed by atoms with E-state index in [2.05, 4.69) is 0 Å². The minimum Gasteiger partial charge on any atom is -0.484 e. The highest BCUT2D eigenvalue weighted by Crippen LogP contribution is 2.13. The van der Waals surface area contributed by atoms with Crippen LogP contribution >= 0.6 is 0 Å². The van der Waals surface area contributed by atoms with Gasteiger partial charge in [-0.2, -0.15) is 0 Å². The number of ether oxygens (including phenoxy) is 2. The lowest BCUT2D eigenvalue weighted by atomic mass is 10.1. The van der Waals surface area contributed by atoms with Crippen molar-refractivity contribution in [3.63, 3.8) is 0 Å². The summed E-state index contributed by atoms with van der Waals surface area (Å²) in [5.41, 5.74) is 0.606. The number of rotatable bonds is 5. The van der Waals surface area contributed by atoms with Crippen molar-refractivity contribution in [2.45, 2.75) is 6.92 Å². The summed E-state index contributed by atoms with van der Waals surface area (Å²) in [6.45, 7) is 3.33. The molecule has 1 fully saturated rings. The minimum atomic E-state index is -0.139. The van der Waals surface area contributed by atoms with Crippen LogP contribution in [0.15, 0.2) is 24.3 Å².